The molecule has 5 heteroatoms. The second-order valence-corrected chi connectivity index (χ2v) is 3.84. The zero-order chi connectivity index (χ0) is 12.8. The van der Waals surface area contributed by atoms with Gasteiger partial charge >= 0.3 is 5.97 Å². The summed E-state index contributed by atoms with van der Waals surface area (Å²) >= 11 is 11.8. The number of carbonyl (C=O) groups is 1. The van der Waals surface area contributed by atoms with E-state index in [0.717, 1.165) is 0 Å². The topological polar surface area (TPSA) is 50.1 Å². The molecule has 88 valence electrons. The molecule has 0 N–H and O–H groups in total. The molecule has 0 atom stereocenters. The molecule has 1 aromatic rings. The van der Waals surface area contributed by atoms with Crippen LogP contribution in [0.3, 0.4) is 0 Å². The molecule has 0 saturated carbocycles. The van der Waals surface area contributed by atoms with Gasteiger partial charge in [-0.3, -0.25) is 0 Å². The normalized spacial score (nSPS) is 10.8. The van der Waals surface area contributed by atoms with E-state index in [4.69, 9.17) is 33.2 Å². The summed E-state index contributed by atoms with van der Waals surface area (Å²) in [5, 5.41) is 9.60. The molecule has 0 aromatic heterocycles. The van der Waals surface area contributed by atoms with Crippen LogP contribution < -0.4 is 0 Å². The van der Waals surface area contributed by atoms with Gasteiger partial charge in [0.15, 0.2) is 0 Å². The van der Waals surface area contributed by atoms with Gasteiger partial charge in [-0.25, -0.2) is 4.79 Å². The van der Waals surface area contributed by atoms with Gasteiger partial charge in [-0.1, -0.05) is 29.3 Å². The van der Waals surface area contributed by atoms with Crippen LogP contribution in [0.1, 0.15) is 12.5 Å². The number of nitrogens with zero attached hydrogens (tertiary/aromatic N) is 1. The van der Waals surface area contributed by atoms with Crippen molar-refractivity contribution in [1.82, 2.24) is 0 Å². The van der Waals surface area contributed by atoms with E-state index in [1.165, 1.54) is 6.08 Å². The zero-order valence-corrected chi connectivity index (χ0v) is 10.5. The van der Waals surface area contributed by atoms with E-state index in [-0.39, 0.29) is 12.2 Å². The maximum Gasteiger partial charge on any atom is 0.348 e. The monoisotopic (exact) mass is 269 g/mol. The van der Waals surface area contributed by atoms with Crippen LogP contribution in [0.15, 0.2) is 23.8 Å². The minimum absolute atomic E-state index is 0.137. The lowest BCUT2D eigenvalue weighted by atomic mass is 10.1. The van der Waals surface area contributed by atoms with E-state index < -0.39 is 5.97 Å². The predicted octanol–water partition coefficient (Wildman–Crippen LogP) is 3.46. The zero-order valence-electron chi connectivity index (χ0n) is 9.04. The Morgan fingerprint density at radius 1 is 1.47 bits per heavy atom. The minimum atomic E-state index is -0.689. The highest BCUT2D eigenvalue weighted by atomic mass is 35.5. The molecule has 0 spiro atoms. The molecule has 1 aromatic carbocycles. The average Bonchev–Trinajstić information content (AvgIpc) is 2.29. The lowest BCUT2D eigenvalue weighted by molar-refractivity contribution is -0.137. The summed E-state index contributed by atoms with van der Waals surface area (Å²) in [5.41, 5.74) is 0.294. The summed E-state index contributed by atoms with van der Waals surface area (Å²) in [7, 11) is 0. The van der Waals surface area contributed by atoms with Crippen LogP contribution >= 0.6 is 23.2 Å². The van der Waals surface area contributed by atoms with Crippen molar-refractivity contribution in [3.05, 3.63) is 39.4 Å². The SMILES string of the molecule is CCOC(=O)/C(C#N)=C\c1c(Cl)cccc1Cl. The van der Waals surface area contributed by atoms with E-state index in [0.29, 0.717) is 15.6 Å². The highest BCUT2D eigenvalue weighted by molar-refractivity contribution is 6.37. The quantitative estimate of drug-likeness (QED) is 0.480. The van der Waals surface area contributed by atoms with Gasteiger partial charge in [-0.05, 0) is 25.1 Å². The first-order valence-corrected chi connectivity index (χ1v) is 5.58. The van der Waals surface area contributed by atoms with Gasteiger partial charge in [-0.2, -0.15) is 5.26 Å². The number of nitriles is 1. The summed E-state index contributed by atoms with van der Waals surface area (Å²) in [4.78, 5) is 11.4. The Kier molecular flexibility index (Phi) is 5.02. The molecule has 0 radical (unpaired) electrons. The number of halogens is 2. The third-order valence-electron chi connectivity index (χ3n) is 1.90. The summed E-state index contributed by atoms with van der Waals surface area (Å²) in [6, 6.07) is 6.69. The van der Waals surface area contributed by atoms with E-state index in [9.17, 15) is 4.79 Å². The fourth-order valence-corrected chi connectivity index (χ4v) is 1.65. The molecule has 0 saturated heterocycles. The first kappa shape index (κ1) is 13.6. The second-order valence-electron chi connectivity index (χ2n) is 3.03. The highest BCUT2D eigenvalue weighted by Crippen LogP contribution is 2.26. The van der Waals surface area contributed by atoms with Crippen LogP contribution in [0.25, 0.3) is 6.08 Å². The lowest BCUT2D eigenvalue weighted by Gasteiger charge is -2.03. The first-order chi connectivity index (χ1) is 8.10. The van der Waals surface area contributed by atoms with Crippen LogP contribution in [0, 0.1) is 11.3 Å². The molecule has 0 heterocycles. The van der Waals surface area contributed by atoms with Crippen molar-refractivity contribution >= 4 is 35.2 Å². The van der Waals surface area contributed by atoms with Gasteiger partial charge in [0.25, 0.3) is 0 Å². The third kappa shape index (κ3) is 3.48. The number of ether oxygens (including phenoxy) is 1. The molecular formula is C12H9Cl2NO2. The summed E-state index contributed by atoms with van der Waals surface area (Å²) in [6.45, 7) is 1.86. The number of rotatable bonds is 3. The Morgan fingerprint density at radius 3 is 2.53 bits per heavy atom. The van der Waals surface area contributed by atoms with Crippen LogP contribution in [0.2, 0.25) is 10.0 Å². The lowest BCUT2D eigenvalue weighted by Crippen LogP contribution is -2.06. The number of hydrogen-bond donors (Lipinski definition) is 0. The van der Waals surface area contributed by atoms with E-state index in [1.807, 2.05) is 0 Å². The van der Waals surface area contributed by atoms with Crippen molar-refractivity contribution in [2.45, 2.75) is 6.92 Å². The fraction of sp³-hybridized carbons (Fsp3) is 0.167. The van der Waals surface area contributed by atoms with Gasteiger partial charge in [0.1, 0.15) is 11.6 Å². The Balaban J connectivity index is 3.16. The maximum atomic E-state index is 11.4. The van der Waals surface area contributed by atoms with E-state index in [1.54, 1.807) is 31.2 Å². The van der Waals surface area contributed by atoms with Crippen LogP contribution in [-0.2, 0) is 9.53 Å². The van der Waals surface area contributed by atoms with E-state index in [2.05, 4.69) is 0 Å². The summed E-state index contributed by atoms with van der Waals surface area (Å²) in [6.07, 6.45) is 1.32. The Bertz CT molecular complexity index is 483. The minimum Gasteiger partial charge on any atom is -0.462 e. The Morgan fingerprint density at radius 2 is 2.06 bits per heavy atom. The number of hydrogen-bond acceptors (Lipinski definition) is 3. The van der Waals surface area contributed by atoms with Crippen molar-refractivity contribution in [1.29, 1.82) is 5.26 Å². The summed E-state index contributed by atoms with van der Waals surface area (Å²) in [5.74, 6) is -0.689. The van der Waals surface area contributed by atoms with Crippen molar-refractivity contribution in [2.24, 2.45) is 0 Å². The predicted molar refractivity (Wildman–Crippen MR) is 66.7 cm³/mol. The molecule has 0 unspecified atom stereocenters. The smallest absolute Gasteiger partial charge is 0.348 e. The Hall–Kier alpha value is -1.50. The standard InChI is InChI=1S/C12H9Cl2NO2/c1-2-17-12(16)8(7-15)6-9-10(13)4-3-5-11(9)14/h3-6H,2H2,1H3/b8-6-. The van der Waals surface area contributed by atoms with Crippen LogP contribution in [0.5, 0.6) is 0 Å². The van der Waals surface area contributed by atoms with Crippen molar-refractivity contribution in [2.75, 3.05) is 6.61 Å². The van der Waals surface area contributed by atoms with Gasteiger partial charge < -0.3 is 4.74 Å². The van der Waals surface area contributed by atoms with Crippen molar-refractivity contribution in [3.8, 4) is 6.07 Å². The molecule has 0 amide bonds. The van der Waals surface area contributed by atoms with Crippen molar-refractivity contribution < 1.29 is 9.53 Å². The van der Waals surface area contributed by atoms with Crippen LogP contribution in [0.4, 0.5) is 0 Å². The molecule has 1 rings (SSSR count). The third-order valence-corrected chi connectivity index (χ3v) is 2.56. The van der Waals surface area contributed by atoms with Crippen molar-refractivity contribution in [3.63, 3.8) is 0 Å². The first-order valence-electron chi connectivity index (χ1n) is 4.83. The molecule has 17 heavy (non-hydrogen) atoms. The number of carbonyl (C=O) groups excluding carboxylic acids is 1. The van der Waals surface area contributed by atoms with Gasteiger partial charge in [-0.15, -0.1) is 0 Å². The largest absolute Gasteiger partial charge is 0.462 e. The molecule has 0 aliphatic heterocycles. The molecule has 0 aliphatic carbocycles. The maximum absolute atomic E-state index is 11.4. The molecule has 0 bridgehead atoms. The van der Waals surface area contributed by atoms with Gasteiger partial charge in [0.05, 0.1) is 6.61 Å². The molecule has 3 nitrogen and oxygen atoms in total. The molecule has 0 fully saturated rings. The second kappa shape index (κ2) is 6.29. The fourth-order valence-electron chi connectivity index (χ4n) is 1.14. The average molecular weight is 270 g/mol. The van der Waals surface area contributed by atoms with Gasteiger partial charge in [0.2, 0.25) is 0 Å². The number of benzene rings is 1. The summed E-state index contributed by atoms with van der Waals surface area (Å²) < 4.78 is 4.73. The Labute approximate surface area is 109 Å². The molecule has 0 aliphatic rings. The van der Waals surface area contributed by atoms with E-state index >= 15 is 0 Å². The van der Waals surface area contributed by atoms with Crippen LogP contribution in [-0.4, -0.2) is 12.6 Å². The highest BCUT2D eigenvalue weighted by Gasteiger charge is 2.12. The molecular weight excluding hydrogens is 261 g/mol. The number of esters is 1. The van der Waals surface area contributed by atoms with Gasteiger partial charge in [0, 0.05) is 15.6 Å².